The van der Waals surface area contributed by atoms with Crippen LogP contribution < -0.4 is 11.4 Å². The van der Waals surface area contributed by atoms with Crippen molar-refractivity contribution < 1.29 is 9.53 Å². The first-order valence-electron chi connectivity index (χ1n) is 4.10. The Morgan fingerprint density at radius 3 is 2.14 bits per heavy atom. The maximum absolute atomic E-state index is 10.9. The van der Waals surface area contributed by atoms with Gasteiger partial charge in [0.15, 0.2) is 0 Å². The normalized spacial score (nSPS) is 9.36. The number of benzene rings is 1. The van der Waals surface area contributed by atoms with Crippen LogP contribution in [0.5, 0.6) is 5.75 Å². The summed E-state index contributed by atoms with van der Waals surface area (Å²) in [6, 6.07) is 5.81. The number of rotatable bonds is 3. The van der Waals surface area contributed by atoms with Gasteiger partial charge in [-0.3, -0.25) is 0 Å². The van der Waals surface area contributed by atoms with Crippen LogP contribution in [-0.2, 0) is 4.79 Å². The van der Waals surface area contributed by atoms with Gasteiger partial charge in [0.2, 0.25) is 0 Å². The molecule has 0 unspecified atom stereocenters. The van der Waals surface area contributed by atoms with Gasteiger partial charge < -0.3 is 0 Å². The van der Waals surface area contributed by atoms with Gasteiger partial charge >= 0.3 is 114 Å². The van der Waals surface area contributed by atoms with E-state index in [4.69, 9.17) is 21.9 Å². The molecule has 14 heavy (non-hydrogen) atoms. The van der Waals surface area contributed by atoms with Gasteiger partial charge in [-0.05, 0) is 0 Å². The third-order valence-electron chi connectivity index (χ3n) is 1.71. The van der Waals surface area contributed by atoms with E-state index in [9.17, 15) is 4.79 Å². The van der Waals surface area contributed by atoms with Gasteiger partial charge in [0.05, 0.1) is 0 Å². The van der Waals surface area contributed by atoms with E-state index in [0.29, 0.717) is 5.75 Å². The zero-order valence-electron chi connectivity index (χ0n) is 7.72. The van der Waals surface area contributed by atoms with Crippen LogP contribution in [0.3, 0.4) is 0 Å². The Morgan fingerprint density at radius 2 is 1.79 bits per heavy atom. The van der Waals surface area contributed by atoms with Crippen LogP contribution in [0.15, 0.2) is 18.2 Å². The van der Waals surface area contributed by atoms with E-state index in [0.717, 1.165) is 6.64 Å². The topological polar surface area (TPSA) is 26.3 Å². The molecule has 0 aromatic heterocycles. The zero-order valence-corrected chi connectivity index (χ0v) is 17.3. The molecule has 0 atom stereocenters. The van der Waals surface area contributed by atoms with Gasteiger partial charge in [-0.2, -0.15) is 0 Å². The molecule has 0 radical (unpaired) electrons. The van der Waals surface area contributed by atoms with Crippen molar-refractivity contribution in [2.24, 2.45) is 0 Å². The van der Waals surface area contributed by atoms with Crippen LogP contribution in [0.4, 0.5) is 0 Å². The third-order valence-corrected chi connectivity index (χ3v) is 10.4. The average molecular weight is 437 g/mol. The molecule has 0 amide bonds. The molecule has 0 spiro atoms. The van der Waals surface area contributed by atoms with Gasteiger partial charge in [-0.1, -0.05) is 0 Å². The van der Waals surface area contributed by atoms with Crippen LogP contribution in [-0.4, -0.2) is 49.4 Å². The molecule has 0 saturated heterocycles. The zero-order chi connectivity index (χ0) is 10.6. The summed E-state index contributed by atoms with van der Waals surface area (Å²) in [5.41, 5.74) is 0. The molecule has 0 aliphatic heterocycles. The molecule has 2 nitrogen and oxygen atoms in total. The molecule has 1 aromatic rings. The second-order valence-corrected chi connectivity index (χ2v) is 12.2. The van der Waals surface area contributed by atoms with Crippen LogP contribution in [0.25, 0.3) is 0 Å². The van der Waals surface area contributed by atoms with Crippen LogP contribution in [0, 0.1) is 0 Å². The van der Waals surface area contributed by atoms with Gasteiger partial charge in [-0.15, -0.1) is 0 Å². The second kappa shape index (κ2) is 6.56. The summed E-state index contributed by atoms with van der Waals surface area (Å²) in [6.07, 6.45) is 0. The Balaban J connectivity index is 3.12. The van der Waals surface area contributed by atoms with Gasteiger partial charge in [0.1, 0.15) is 0 Å². The second-order valence-electron chi connectivity index (χ2n) is 2.77. The molecule has 0 aliphatic rings. The molecular weight excluding hydrogens is 429 g/mol. The van der Waals surface area contributed by atoms with E-state index in [2.05, 4.69) is 0 Å². The van der Waals surface area contributed by atoms with Crippen molar-refractivity contribution in [3.8, 4) is 5.75 Å². The van der Waals surface area contributed by atoms with Gasteiger partial charge in [-0.25, -0.2) is 0 Å². The quantitative estimate of drug-likeness (QED) is 0.494. The Labute approximate surface area is 112 Å². The van der Waals surface area contributed by atoms with E-state index in [-0.39, 0.29) is 5.97 Å². The van der Waals surface area contributed by atoms with Crippen molar-refractivity contribution in [1.82, 2.24) is 0 Å². The molecule has 1 rings (SSSR count). The summed E-state index contributed by atoms with van der Waals surface area (Å²) in [6.45, 7) is 1.40. The molecule has 0 heterocycles. The number of para-hydroxylation sites is 1. The van der Waals surface area contributed by atoms with E-state index >= 15 is 0 Å². The predicted molar refractivity (Wildman–Crippen MR) is 63.0 cm³/mol. The molecule has 6 heteroatoms. The number of halogens is 2. The standard InChI is InChI=1S/C8H6O2.2ClH.2In.2H/c1-7(9)10-8-5-3-2-4-6-8;;;;;;/h2-4H,1H3;2*1H;;;;/q;;;2*+1;;/p-2. The van der Waals surface area contributed by atoms with E-state index in [1.165, 1.54) is 6.92 Å². The Kier molecular flexibility index (Phi) is 6.13. The number of carbonyl (C=O) groups is 1. The maximum atomic E-state index is 10.9. The summed E-state index contributed by atoms with van der Waals surface area (Å²) in [5.74, 6) is 0.378. The number of carbonyl (C=O) groups excluding carboxylic acids is 1. The van der Waals surface area contributed by atoms with Crippen molar-refractivity contribution in [2.75, 3.05) is 0 Å². The molecule has 0 saturated carbocycles. The van der Waals surface area contributed by atoms with Crippen LogP contribution >= 0.6 is 17.2 Å². The molecule has 0 N–H and O–H groups in total. The molecule has 0 bridgehead atoms. The van der Waals surface area contributed by atoms with E-state index < -0.39 is 43.4 Å². The summed E-state index contributed by atoms with van der Waals surface area (Å²) >= 11 is -2.88. The first kappa shape index (κ1) is 13.1. The Bertz CT molecular complexity index is 322. The van der Waals surface area contributed by atoms with Crippen molar-refractivity contribution in [3.05, 3.63) is 18.2 Å². The van der Waals surface area contributed by atoms with Crippen LogP contribution in [0.2, 0.25) is 0 Å². The summed E-state index contributed by atoms with van der Waals surface area (Å²) < 4.78 is 7.24. The van der Waals surface area contributed by atoms with Crippen LogP contribution in [0.1, 0.15) is 6.92 Å². The monoisotopic (exact) mass is 436 g/mol. The third kappa shape index (κ3) is 3.54. The number of hydrogen-bond acceptors (Lipinski definition) is 2. The minimum absolute atomic E-state index is 0.300. The fourth-order valence-corrected chi connectivity index (χ4v) is 9.67. The summed E-state index contributed by atoms with van der Waals surface area (Å²) in [4.78, 5) is 10.9. The van der Waals surface area contributed by atoms with E-state index in [1.807, 2.05) is 18.2 Å². The number of hydrogen-bond donors (Lipinski definition) is 0. The Hall–Kier alpha value is 1.01. The first-order chi connectivity index (χ1) is 6.69. The average Bonchev–Trinajstić information content (AvgIpc) is 2.17. The van der Waals surface area contributed by atoms with Crippen molar-refractivity contribution in [3.63, 3.8) is 0 Å². The van der Waals surface area contributed by atoms with Gasteiger partial charge in [0.25, 0.3) is 0 Å². The number of ether oxygens (including phenoxy) is 1. The van der Waals surface area contributed by atoms with Crippen molar-refractivity contribution in [2.45, 2.75) is 6.92 Å². The first-order valence-corrected chi connectivity index (χ1v) is 18.4. The molecule has 72 valence electrons. The number of esters is 1. The van der Waals surface area contributed by atoms with Gasteiger partial charge in [0, 0.05) is 0 Å². The molecule has 1 aromatic carbocycles. The van der Waals surface area contributed by atoms with Crippen molar-refractivity contribution >= 4 is 73.2 Å². The predicted octanol–water partition coefficient (Wildman–Crippen LogP) is 0.0431. The fraction of sp³-hybridized carbons (Fsp3) is 0.125. The molecular formula is C8H8Cl2In2O2. The summed E-state index contributed by atoms with van der Waals surface area (Å²) in [5, 5.41) is 0. The molecule has 0 fully saturated rings. The van der Waals surface area contributed by atoms with E-state index in [1.54, 1.807) is 0 Å². The SMILES string of the molecule is CC(=O)Oc1[c]([InH][Cl])ccc[c]1[InH][Cl]. The Morgan fingerprint density at radius 1 is 1.29 bits per heavy atom. The fourth-order valence-electron chi connectivity index (χ4n) is 1.12. The molecule has 0 aliphatic carbocycles. The minimum atomic E-state index is -1.44. The summed E-state index contributed by atoms with van der Waals surface area (Å²) in [7, 11) is 11.9. The van der Waals surface area contributed by atoms with Crippen molar-refractivity contribution in [1.29, 1.82) is 0 Å².